The maximum Gasteiger partial charge on any atom is 0.338 e. The van der Waals surface area contributed by atoms with E-state index in [4.69, 9.17) is 41.4 Å². The van der Waals surface area contributed by atoms with Crippen LogP contribution in [0.2, 0.25) is 22.2 Å². The molecule has 1 aromatic rings. The minimum absolute atomic E-state index is 0.0369. The molecule has 266 valence electrons. The summed E-state index contributed by atoms with van der Waals surface area (Å²) < 4.78 is 57.2. The second-order valence-corrected chi connectivity index (χ2v) is 22.0. The molecule has 0 radical (unpaired) electrons. The number of aromatic amines is 1. The molecule has 4 heterocycles. The Balaban J connectivity index is 1.80. The molecule has 0 amide bonds. The fourth-order valence-electron chi connectivity index (χ4n) is 6.53. The summed E-state index contributed by atoms with van der Waals surface area (Å²) in [6, 6.07) is 1.19. The van der Waals surface area contributed by atoms with Gasteiger partial charge in [0.15, 0.2) is 18.4 Å². The molecule has 0 spiro atoms. The van der Waals surface area contributed by atoms with Gasteiger partial charge in [-0.3, -0.25) is 14.3 Å². The van der Waals surface area contributed by atoms with E-state index in [0.29, 0.717) is 0 Å². The van der Waals surface area contributed by atoms with Crippen LogP contribution in [-0.4, -0.2) is 95.4 Å². The Bertz CT molecular complexity index is 1320. The van der Waals surface area contributed by atoms with Gasteiger partial charge in [0.25, 0.3) is 12.0 Å². The van der Waals surface area contributed by atoms with Crippen molar-refractivity contribution < 1.29 is 51.0 Å². The van der Waals surface area contributed by atoms with Crippen LogP contribution in [0.5, 0.6) is 0 Å². The van der Waals surface area contributed by atoms with Gasteiger partial charge in [-0.1, -0.05) is 55.4 Å². The van der Waals surface area contributed by atoms with Gasteiger partial charge < -0.3 is 41.4 Å². The summed E-state index contributed by atoms with van der Waals surface area (Å²) in [6.07, 6.45) is -5.55. The number of H-pyrrole nitrogens is 1. The largest absolute Gasteiger partial charge is 0.464 e. The number of nitrogens with one attached hydrogen (secondary N) is 1. The van der Waals surface area contributed by atoms with Crippen LogP contribution in [0.25, 0.3) is 0 Å². The van der Waals surface area contributed by atoms with Gasteiger partial charge in [0, 0.05) is 12.3 Å². The van der Waals surface area contributed by atoms with Crippen LogP contribution in [0.15, 0.2) is 21.9 Å². The number of fused-ring (bicyclic) bond motifs is 1. The minimum Gasteiger partial charge on any atom is -0.464 e. The Hall–Kier alpha value is -2.23. The molecular formula is C30H50N2O13Si2. The monoisotopic (exact) mass is 702 g/mol. The summed E-state index contributed by atoms with van der Waals surface area (Å²) in [4.78, 5) is 52.9. The number of hydrogen-bond donors (Lipinski definition) is 1. The van der Waals surface area contributed by atoms with E-state index < -0.39 is 83.5 Å². The standard InChI is InChI=1S/C30H50N2O13Si2/c1-11-37-27(34)24-25(28(35)38-12-2)43-30(42-24)41-23-22-20(40-26(23)32-14-13-21(33)31-29(32)36)15-39-46(16(3)4,17(5)6)45-47(44-22,18(7)8)19(9)10/h13-14,16-20,22-26,30H,11-12,15H2,1-10H3,(H,31,33,36)/t20-,22-,23-,24-,25-,26-/m1/s1. The number of carbonyl (C=O) groups excluding carboxylic acids is 2. The zero-order valence-corrected chi connectivity index (χ0v) is 30.9. The highest BCUT2D eigenvalue weighted by atomic mass is 28.5. The third-order valence-electron chi connectivity index (χ3n) is 8.84. The summed E-state index contributed by atoms with van der Waals surface area (Å²) in [6.45, 7) is 18.5. The fraction of sp³-hybridized carbons (Fsp3) is 0.800. The average Bonchev–Trinajstić information content (AvgIpc) is 3.54. The third kappa shape index (κ3) is 7.37. The third-order valence-corrected chi connectivity index (χ3v) is 19.1. The maximum atomic E-state index is 13.1. The molecule has 3 aliphatic heterocycles. The van der Waals surface area contributed by atoms with Gasteiger partial charge in [0.2, 0.25) is 0 Å². The van der Waals surface area contributed by atoms with Crippen LogP contribution in [0.4, 0.5) is 0 Å². The van der Waals surface area contributed by atoms with Crippen molar-refractivity contribution in [2.24, 2.45) is 0 Å². The molecule has 4 rings (SSSR count). The molecule has 0 aromatic carbocycles. The number of esters is 2. The van der Waals surface area contributed by atoms with Gasteiger partial charge in [0.1, 0.15) is 18.3 Å². The van der Waals surface area contributed by atoms with E-state index >= 15 is 0 Å². The smallest absolute Gasteiger partial charge is 0.338 e. The topological polar surface area (TPSA) is 172 Å². The normalized spacial score (nSPS) is 29.2. The van der Waals surface area contributed by atoms with Gasteiger partial charge in [-0.2, -0.15) is 0 Å². The first kappa shape index (κ1) is 37.6. The first-order chi connectivity index (χ1) is 22.1. The molecule has 6 atom stereocenters. The van der Waals surface area contributed by atoms with E-state index in [9.17, 15) is 19.2 Å². The van der Waals surface area contributed by atoms with E-state index in [1.54, 1.807) is 13.8 Å². The number of ether oxygens (including phenoxy) is 6. The number of rotatable bonds is 11. The van der Waals surface area contributed by atoms with Crippen molar-refractivity contribution in [1.29, 1.82) is 0 Å². The summed E-state index contributed by atoms with van der Waals surface area (Å²) in [7, 11) is -6.13. The zero-order valence-electron chi connectivity index (χ0n) is 28.9. The van der Waals surface area contributed by atoms with Crippen LogP contribution in [0, 0.1) is 0 Å². The molecular weight excluding hydrogens is 653 g/mol. The molecule has 3 aliphatic rings. The Kier molecular flexibility index (Phi) is 12.1. The quantitative estimate of drug-likeness (QED) is 0.264. The van der Waals surface area contributed by atoms with Gasteiger partial charge in [-0.05, 0) is 36.0 Å². The molecule has 1 aromatic heterocycles. The summed E-state index contributed by atoms with van der Waals surface area (Å²) in [5, 5.41) is 0. The van der Waals surface area contributed by atoms with Crippen molar-refractivity contribution in [3.8, 4) is 0 Å². The average molecular weight is 703 g/mol. The first-order valence-electron chi connectivity index (χ1n) is 16.4. The van der Waals surface area contributed by atoms with E-state index in [2.05, 4.69) is 60.4 Å². The van der Waals surface area contributed by atoms with Crippen molar-refractivity contribution in [2.75, 3.05) is 19.8 Å². The van der Waals surface area contributed by atoms with Crippen LogP contribution in [0.3, 0.4) is 0 Å². The molecule has 3 fully saturated rings. The molecule has 47 heavy (non-hydrogen) atoms. The number of carbonyl (C=O) groups is 2. The van der Waals surface area contributed by atoms with Crippen molar-refractivity contribution >= 4 is 29.1 Å². The molecule has 0 saturated carbocycles. The van der Waals surface area contributed by atoms with Crippen LogP contribution in [-0.2, 0) is 51.0 Å². The highest BCUT2D eigenvalue weighted by molar-refractivity contribution is 6.84. The van der Waals surface area contributed by atoms with E-state index in [1.165, 1.54) is 16.8 Å². The highest BCUT2D eigenvalue weighted by Crippen LogP contribution is 2.49. The van der Waals surface area contributed by atoms with Gasteiger partial charge >= 0.3 is 34.8 Å². The predicted octanol–water partition coefficient (Wildman–Crippen LogP) is 2.97. The fourth-order valence-corrected chi connectivity index (χ4v) is 17.7. The van der Waals surface area contributed by atoms with Crippen molar-refractivity contribution in [2.45, 2.75) is 135 Å². The lowest BCUT2D eigenvalue weighted by molar-refractivity contribution is -0.281. The zero-order chi connectivity index (χ0) is 34.8. The van der Waals surface area contributed by atoms with E-state index in [0.717, 1.165) is 0 Å². The number of nitrogens with zero attached hydrogens (tertiary/aromatic N) is 1. The second kappa shape index (κ2) is 15.1. The Labute approximate surface area is 276 Å². The molecule has 1 N–H and O–H groups in total. The maximum absolute atomic E-state index is 13.1. The second-order valence-electron chi connectivity index (χ2n) is 13.1. The molecule has 15 nitrogen and oxygen atoms in total. The lowest BCUT2D eigenvalue weighted by atomic mass is 10.1. The van der Waals surface area contributed by atoms with Crippen molar-refractivity contribution in [1.82, 2.24) is 9.55 Å². The molecule has 0 unspecified atom stereocenters. The highest BCUT2D eigenvalue weighted by Gasteiger charge is 2.63. The lowest BCUT2D eigenvalue weighted by Gasteiger charge is -2.51. The molecule has 0 aliphatic carbocycles. The van der Waals surface area contributed by atoms with Gasteiger partial charge in [0.05, 0.1) is 19.8 Å². The Morgan fingerprint density at radius 1 is 0.872 bits per heavy atom. The summed E-state index contributed by atoms with van der Waals surface area (Å²) in [5.41, 5.74) is -1.24. The first-order valence-corrected chi connectivity index (χ1v) is 20.3. The van der Waals surface area contributed by atoms with Gasteiger partial charge in [-0.25, -0.2) is 14.4 Å². The Morgan fingerprint density at radius 2 is 1.40 bits per heavy atom. The number of hydrogen-bond acceptors (Lipinski definition) is 13. The van der Waals surface area contributed by atoms with E-state index in [1.807, 2.05) is 0 Å². The van der Waals surface area contributed by atoms with Crippen LogP contribution in [0.1, 0.15) is 75.5 Å². The van der Waals surface area contributed by atoms with Crippen molar-refractivity contribution in [3.05, 3.63) is 33.1 Å². The lowest BCUT2D eigenvalue weighted by Crippen LogP contribution is -2.66. The molecule has 17 heteroatoms. The van der Waals surface area contributed by atoms with Gasteiger partial charge in [-0.15, -0.1) is 0 Å². The molecule has 3 saturated heterocycles. The number of aromatic nitrogens is 2. The predicted molar refractivity (Wildman–Crippen MR) is 171 cm³/mol. The molecule has 0 bridgehead atoms. The minimum atomic E-state index is -3.20. The van der Waals surface area contributed by atoms with Crippen LogP contribution < -0.4 is 11.2 Å². The van der Waals surface area contributed by atoms with E-state index in [-0.39, 0.29) is 42.0 Å². The Morgan fingerprint density at radius 3 is 1.87 bits per heavy atom. The van der Waals surface area contributed by atoms with Crippen molar-refractivity contribution in [3.63, 3.8) is 0 Å². The SMILES string of the molecule is CCOC(=O)[C@@H]1OC(O[C@@H]2[C@@H]3O[Si](C(C)C)(C(C)C)O[Si](C(C)C)(C(C)C)OC[C@H]3O[C@H]2n2ccc(=O)[nH]c2=O)O[C@H]1C(=O)OCC. The van der Waals surface area contributed by atoms with Crippen LogP contribution >= 0.6 is 0 Å². The summed E-state index contributed by atoms with van der Waals surface area (Å²) >= 11 is 0. The summed E-state index contributed by atoms with van der Waals surface area (Å²) in [5.74, 6) is -1.66.